The Bertz CT molecular complexity index is 402. The molecule has 0 fully saturated rings. The standard InChI is InChI=1S/C17H29ClN2/c1-6-9-20(14(4)5)16-8-7-15(17(18)10-16)12-19-11-13(2)3/h7-8,10,13-14,19H,6,9,11-12H2,1-5H3. The minimum absolute atomic E-state index is 0.496. The maximum atomic E-state index is 6.43. The maximum Gasteiger partial charge on any atom is 0.0471 e. The second kappa shape index (κ2) is 8.53. The van der Waals surface area contributed by atoms with Gasteiger partial charge in [-0.25, -0.2) is 0 Å². The van der Waals surface area contributed by atoms with Crippen LogP contribution in [0, 0.1) is 5.92 Å². The molecule has 0 atom stereocenters. The number of halogens is 1. The van der Waals surface area contributed by atoms with Crippen LogP contribution in [0.4, 0.5) is 5.69 Å². The fraction of sp³-hybridized carbons (Fsp3) is 0.647. The zero-order chi connectivity index (χ0) is 15.1. The summed E-state index contributed by atoms with van der Waals surface area (Å²) >= 11 is 6.43. The van der Waals surface area contributed by atoms with Crippen LogP contribution in [0.3, 0.4) is 0 Å². The van der Waals surface area contributed by atoms with E-state index in [9.17, 15) is 0 Å². The van der Waals surface area contributed by atoms with Crippen LogP contribution < -0.4 is 10.2 Å². The van der Waals surface area contributed by atoms with E-state index in [1.807, 2.05) is 0 Å². The largest absolute Gasteiger partial charge is 0.369 e. The van der Waals surface area contributed by atoms with Gasteiger partial charge in [0.1, 0.15) is 0 Å². The zero-order valence-corrected chi connectivity index (χ0v) is 14.3. The van der Waals surface area contributed by atoms with E-state index in [1.54, 1.807) is 0 Å². The minimum Gasteiger partial charge on any atom is -0.369 e. The molecule has 0 aliphatic carbocycles. The Balaban J connectivity index is 2.75. The molecule has 114 valence electrons. The van der Waals surface area contributed by atoms with Gasteiger partial charge in [0, 0.05) is 29.8 Å². The molecule has 0 saturated carbocycles. The third kappa shape index (κ3) is 5.34. The Morgan fingerprint density at radius 3 is 2.40 bits per heavy atom. The van der Waals surface area contributed by atoms with Crippen molar-refractivity contribution in [3.63, 3.8) is 0 Å². The molecule has 1 N–H and O–H groups in total. The predicted octanol–water partition coefficient (Wildman–Crippen LogP) is 4.71. The topological polar surface area (TPSA) is 15.3 Å². The van der Waals surface area contributed by atoms with Crippen molar-refractivity contribution in [1.29, 1.82) is 0 Å². The van der Waals surface area contributed by atoms with Gasteiger partial charge in [0.15, 0.2) is 0 Å². The lowest BCUT2D eigenvalue weighted by Gasteiger charge is -2.29. The van der Waals surface area contributed by atoms with Gasteiger partial charge in [-0.2, -0.15) is 0 Å². The summed E-state index contributed by atoms with van der Waals surface area (Å²) < 4.78 is 0. The van der Waals surface area contributed by atoms with E-state index in [4.69, 9.17) is 11.6 Å². The van der Waals surface area contributed by atoms with Crippen molar-refractivity contribution in [1.82, 2.24) is 5.32 Å². The van der Waals surface area contributed by atoms with Crippen LogP contribution >= 0.6 is 11.6 Å². The molecule has 0 saturated heterocycles. The molecule has 3 heteroatoms. The molecule has 1 aromatic carbocycles. The van der Waals surface area contributed by atoms with Gasteiger partial charge >= 0.3 is 0 Å². The summed E-state index contributed by atoms with van der Waals surface area (Å²) in [5, 5.41) is 4.30. The molecule has 0 aliphatic rings. The summed E-state index contributed by atoms with van der Waals surface area (Å²) in [6, 6.07) is 6.93. The van der Waals surface area contributed by atoms with Crippen LogP contribution in [0.2, 0.25) is 5.02 Å². The smallest absolute Gasteiger partial charge is 0.0471 e. The van der Waals surface area contributed by atoms with Gasteiger partial charge in [-0.05, 0) is 50.4 Å². The molecular formula is C17H29ClN2. The third-order valence-electron chi connectivity index (χ3n) is 3.32. The van der Waals surface area contributed by atoms with Crippen molar-refractivity contribution in [2.75, 3.05) is 18.0 Å². The van der Waals surface area contributed by atoms with Gasteiger partial charge in [-0.15, -0.1) is 0 Å². The Kier molecular flexibility index (Phi) is 7.39. The Labute approximate surface area is 129 Å². The van der Waals surface area contributed by atoms with Crippen molar-refractivity contribution in [3.05, 3.63) is 28.8 Å². The number of benzene rings is 1. The van der Waals surface area contributed by atoms with E-state index in [-0.39, 0.29) is 0 Å². The van der Waals surface area contributed by atoms with E-state index in [0.29, 0.717) is 12.0 Å². The quantitative estimate of drug-likeness (QED) is 0.747. The number of rotatable bonds is 8. The molecule has 1 aromatic rings. The summed E-state index contributed by atoms with van der Waals surface area (Å²) in [4.78, 5) is 2.40. The molecule has 0 aromatic heterocycles. The zero-order valence-electron chi connectivity index (χ0n) is 13.5. The highest BCUT2D eigenvalue weighted by Gasteiger charge is 2.11. The van der Waals surface area contributed by atoms with Crippen LogP contribution in [-0.2, 0) is 6.54 Å². The highest BCUT2D eigenvalue weighted by atomic mass is 35.5. The van der Waals surface area contributed by atoms with Crippen molar-refractivity contribution in [3.8, 4) is 0 Å². The Morgan fingerprint density at radius 1 is 1.20 bits per heavy atom. The summed E-state index contributed by atoms with van der Waals surface area (Å²) in [6.07, 6.45) is 1.15. The van der Waals surface area contributed by atoms with Crippen LogP contribution in [0.5, 0.6) is 0 Å². The molecule has 0 unspecified atom stereocenters. The van der Waals surface area contributed by atoms with Crippen molar-refractivity contribution in [2.45, 2.75) is 53.6 Å². The first kappa shape index (κ1) is 17.3. The minimum atomic E-state index is 0.496. The van der Waals surface area contributed by atoms with Crippen molar-refractivity contribution < 1.29 is 0 Å². The van der Waals surface area contributed by atoms with Gasteiger partial charge in [-0.3, -0.25) is 0 Å². The SMILES string of the molecule is CCCN(c1ccc(CNCC(C)C)c(Cl)c1)C(C)C. The fourth-order valence-electron chi connectivity index (χ4n) is 2.28. The average molecular weight is 297 g/mol. The lowest BCUT2D eigenvalue weighted by atomic mass is 10.1. The molecule has 0 spiro atoms. The summed E-state index contributed by atoms with van der Waals surface area (Å²) in [6.45, 7) is 14.0. The maximum absolute atomic E-state index is 6.43. The van der Waals surface area contributed by atoms with Crippen molar-refractivity contribution in [2.24, 2.45) is 5.92 Å². The molecule has 2 nitrogen and oxygen atoms in total. The molecule has 0 amide bonds. The molecule has 0 heterocycles. The number of hydrogen-bond acceptors (Lipinski definition) is 2. The van der Waals surface area contributed by atoms with E-state index in [0.717, 1.165) is 31.1 Å². The lowest BCUT2D eigenvalue weighted by Crippen LogP contribution is -2.31. The van der Waals surface area contributed by atoms with E-state index >= 15 is 0 Å². The first-order valence-electron chi connectivity index (χ1n) is 7.71. The molecule has 0 radical (unpaired) electrons. The van der Waals surface area contributed by atoms with Crippen LogP contribution in [0.25, 0.3) is 0 Å². The normalized spacial score (nSPS) is 11.4. The fourth-order valence-corrected chi connectivity index (χ4v) is 2.52. The molecule has 1 rings (SSSR count). The number of anilines is 1. The van der Waals surface area contributed by atoms with Gasteiger partial charge in [0.05, 0.1) is 0 Å². The highest BCUT2D eigenvalue weighted by molar-refractivity contribution is 6.31. The second-order valence-corrected chi connectivity index (χ2v) is 6.49. The van der Waals surface area contributed by atoms with Gasteiger partial charge < -0.3 is 10.2 Å². The Morgan fingerprint density at radius 2 is 1.90 bits per heavy atom. The van der Waals surface area contributed by atoms with Crippen molar-refractivity contribution >= 4 is 17.3 Å². The van der Waals surface area contributed by atoms with Crippen LogP contribution in [0.15, 0.2) is 18.2 Å². The lowest BCUT2D eigenvalue weighted by molar-refractivity contribution is 0.552. The monoisotopic (exact) mass is 296 g/mol. The molecule has 0 bridgehead atoms. The second-order valence-electron chi connectivity index (χ2n) is 6.09. The Hall–Kier alpha value is -0.730. The molecule has 20 heavy (non-hydrogen) atoms. The highest BCUT2D eigenvalue weighted by Crippen LogP contribution is 2.25. The number of nitrogens with one attached hydrogen (secondary N) is 1. The number of nitrogens with zero attached hydrogens (tertiary/aromatic N) is 1. The van der Waals surface area contributed by atoms with Crippen LogP contribution in [0.1, 0.15) is 46.6 Å². The first-order chi connectivity index (χ1) is 9.45. The predicted molar refractivity (Wildman–Crippen MR) is 90.8 cm³/mol. The van der Waals surface area contributed by atoms with Crippen LogP contribution in [-0.4, -0.2) is 19.1 Å². The molecule has 0 aliphatic heterocycles. The van der Waals surface area contributed by atoms with Gasteiger partial charge in [0.25, 0.3) is 0 Å². The molecular weight excluding hydrogens is 268 g/mol. The first-order valence-corrected chi connectivity index (χ1v) is 8.09. The van der Waals surface area contributed by atoms with Gasteiger partial charge in [0.2, 0.25) is 0 Å². The summed E-state index contributed by atoms with van der Waals surface area (Å²) in [5.41, 5.74) is 2.40. The third-order valence-corrected chi connectivity index (χ3v) is 3.68. The van der Waals surface area contributed by atoms with E-state index in [2.05, 4.69) is 63.0 Å². The average Bonchev–Trinajstić information content (AvgIpc) is 2.37. The van der Waals surface area contributed by atoms with Gasteiger partial charge in [-0.1, -0.05) is 38.4 Å². The summed E-state index contributed by atoms with van der Waals surface area (Å²) in [5.74, 6) is 0.661. The van der Waals surface area contributed by atoms with E-state index in [1.165, 1.54) is 11.3 Å². The number of hydrogen-bond donors (Lipinski definition) is 1. The van der Waals surface area contributed by atoms with E-state index < -0.39 is 0 Å². The summed E-state index contributed by atoms with van der Waals surface area (Å²) in [7, 11) is 0.